The molecule has 0 unspecified atom stereocenters. The van der Waals surface area contributed by atoms with Gasteiger partial charge in [0, 0.05) is 44.3 Å². The van der Waals surface area contributed by atoms with Gasteiger partial charge in [-0.05, 0) is 38.5 Å². The zero-order chi connectivity index (χ0) is 16.2. The molecule has 6 heteroatoms. The molecule has 0 spiro atoms. The predicted octanol–water partition coefficient (Wildman–Crippen LogP) is 1.86. The van der Waals surface area contributed by atoms with E-state index in [0.29, 0.717) is 24.2 Å². The summed E-state index contributed by atoms with van der Waals surface area (Å²) in [5, 5.41) is 7.43. The molecule has 1 aliphatic rings. The molecule has 0 aromatic carbocycles. The molecule has 1 amide bonds. The third-order valence-electron chi connectivity index (χ3n) is 4.33. The minimum absolute atomic E-state index is 0.0738. The van der Waals surface area contributed by atoms with Gasteiger partial charge in [0.25, 0.3) is 5.91 Å². The van der Waals surface area contributed by atoms with Crippen LogP contribution in [0.4, 0.5) is 0 Å². The van der Waals surface area contributed by atoms with Crippen LogP contribution in [0.25, 0.3) is 0 Å². The van der Waals surface area contributed by atoms with E-state index in [-0.39, 0.29) is 5.91 Å². The fourth-order valence-electron chi connectivity index (χ4n) is 2.97. The fourth-order valence-corrected chi connectivity index (χ4v) is 2.97. The number of hydrogen-bond acceptors (Lipinski definition) is 4. The average Bonchev–Trinajstić information content (AvgIpc) is 3.04. The molecule has 3 heterocycles. The van der Waals surface area contributed by atoms with Crippen LogP contribution in [0.2, 0.25) is 0 Å². The number of hydrogen-bond donors (Lipinski definition) is 1. The highest BCUT2D eigenvalue weighted by molar-refractivity contribution is 5.93. The first kappa shape index (κ1) is 15.7. The second-order valence-corrected chi connectivity index (χ2v) is 6.23. The zero-order valence-corrected chi connectivity index (χ0v) is 13.6. The van der Waals surface area contributed by atoms with Crippen molar-refractivity contribution < 1.29 is 4.79 Å². The summed E-state index contributed by atoms with van der Waals surface area (Å²) in [6.45, 7) is 6.97. The molecule has 1 aliphatic heterocycles. The number of aromatic nitrogens is 3. The van der Waals surface area contributed by atoms with Crippen molar-refractivity contribution in [2.45, 2.75) is 38.9 Å². The molecule has 2 aromatic rings. The van der Waals surface area contributed by atoms with Crippen LogP contribution in [0.1, 0.15) is 42.4 Å². The van der Waals surface area contributed by atoms with Crippen LogP contribution in [0.5, 0.6) is 0 Å². The summed E-state index contributed by atoms with van der Waals surface area (Å²) >= 11 is 0. The van der Waals surface area contributed by atoms with Gasteiger partial charge in [-0.15, -0.1) is 0 Å². The number of nitrogens with zero attached hydrogens (tertiary/aromatic N) is 4. The number of nitrogens with one attached hydrogen (secondary N) is 1. The standard InChI is InChI=1S/C17H23N5O/c1-13(2)21-11-15(22-16(12-21)6-9-20-22)5-8-19-17(23)14-4-3-7-18-10-14/h3-4,6-7,9-10,13,15H,5,8,11-12H2,1-2H3,(H,19,23)/t15-/m0/s1. The van der Waals surface area contributed by atoms with Gasteiger partial charge in [0.2, 0.25) is 0 Å². The maximum Gasteiger partial charge on any atom is 0.252 e. The average molecular weight is 313 g/mol. The first-order valence-electron chi connectivity index (χ1n) is 8.10. The van der Waals surface area contributed by atoms with Crippen LogP contribution in [-0.4, -0.2) is 44.7 Å². The highest BCUT2D eigenvalue weighted by Gasteiger charge is 2.26. The number of carbonyl (C=O) groups is 1. The topological polar surface area (TPSA) is 63.1 Å². The Morgan fingerprint density at radius 2 is 2.26 bits per heavy atom. The van der Waals surface area contributed by atoms with E-state index < -0.39 is 0 Å². The summed E-state index contributed by atoms with van der Waals surface area (Å²) in [5.41, 5.74) is 1.84. The van der Waals surface area contributed by atoms with E-state index in [9.17, 15) is 4.79 Å². The Kier molecular flexibility index (Phi) is 4.71. The van der Waals surface area contributed by atoms with Crippen molar-refractivity contribution in [1.29, 1.82) is 0 Å². The van der Waals surface area contributed by atoms with E-state index in [1.54, 1.807) is 24.5 Å². The normalized spacial score (nSPS) is 18.0. The third-order valence-corrected chi connectivity index (χ3v) is 4.33. The molecule has 3 rings (SSSR count). The maximum atomic E-state index is 12.1. The van der Waals surface area contributed by atoms with Crippen LogP contribution in [-0.2, 0) is 6.54 Å². The lowest BCUT2D eigenvalue weighted by atomic mass is 10.1. The van der Waals surface area contributed by atoms with Gasteiger partial charge in [0.05, 0.1) is 17.3 Å². The molecule has 0 radical (unpaired) electrons. The Labute approximate surface area is 136 Å². The number of amides is 1. The molecular weight excluding hydrogens is 290 g/mol. The van der Waals surface area contributed by atoms with E-state index in [0.717, 1.165) is 19.5 Å². The van der Waals surface area contributed by atoms with Crippen molar-refractivity contribution in [2.24, 2.45) is 0 Å². The van der Waals surface area contributed by atoms with E-state index in [1.165, 1.54) is 5.69 Å². The van der Waals surface area contributed by atoms with Gasteiger partial charge in [-0.2, -0.15) is 5.10 Å². The van der Waals surface area contributed by atoms with Crippen molar-refractivity contribution in [3.8, 4) is 0 Å². The van der Waals surface area contributed by atoms with Crippen molar-refractivity contribution >= 4 is 5.91 Å². The maximum absolute atomic E-state index is 12.1. The number of fused-ring (bicyclic) bond motifs is 1. The van der Waals surface area contributed by atoms with Gasteiger partial charge in [0.15, 0.2) is 0 Å². The summed E-state index contributed by atoms with van der Waals surface area (Å²) in [6.07, 6.45) is 5.98. The van der Waals surface area contributed by atoms with E-state index in [2.05, 4.69) is 44.9 Å². The second kappa shape index (κ2) is 6.91. The molecule has 0 fully saturated rings. The van der Waals surface area contributed by atoms with Crippen LogP contribution in [0.3, 0.4) is 0 Å². The van der Waals surface area contributed by atoms with Crippen molar-refractivity contribution in [3.05, 3.63) is 48.0 Å². The highest BCUT2D eigenvalue weighted by atomic mass is 16.1. The molecule has 0 saturated carbocycles. The number of carbonyl (C=O) groups excluding carboxylic acids is 1. The highest BCUT2D eigenvalue weighted by Crippen LogP contribution is 2.23. The monoisotopic (exact) mass is 313 g/mol. The Bertz CT molecular complexity index is 652. The van der Waals surface area contributed by atoms with Gasteiger partial charge in [-0.25, -0.2) is 0 Å². The molecule has 1 atom stereocenters. The number of pyridine rings is 1. The molecule has 2 aromatic heterocycles. The minimum Gasteiger partial charge on any atom is -0.352 e. The van der Waals surface area contributed by atoms with E-state index in [1.807, 2.05) is 6.20 Å². The van der Waals surface area contributed by atoms with Crippen LogP contribution < -0.4 is 5.32 Å². The third kappa shape index (κ3) is 3.59. The summed E-state index contributed by atoms with van der Waals surface area (Å²) in [6, 6.07) is 6.42. The van der Waals surface area contributed by atoms with Crippen molar-refractivity contribution in [2.75, 3.05) is 13.1 Å². The number of rotatable bonds is 5. The van der Waals surface area contributed by atoms with Gasteiger partial charge in [0.1, 0.15) is 0 Å². The van der Waals surface area contributed by atoms with Crippen LogP contribution >= 0.6 is 0 Å². The lowest BCUT2D eigenvalue weighted by Crippen LogP contribution is -2.42. The van der Waals surface area contributed by atoms with Crippen LogP contribution in [0, 0.1) is 0 Å². The quantitative estimate of drug-likeness (QED) is 0.915. The van der Waals surface area contributed by atoms with Gasteiger partial charge in [-0.1, -0.05) is 0 Å². The van der Waals surface area contributed by atoms with Crippen molar-refractivity contribution in [1.82, 2.24) is 25.0 Å². The first-order chi connectivity index (χ1) is 11.1. The summed E-state index contributed by atoms with van der Waals surface area (Å²) < 4.78 is 2.11. The Balaban J connectivity index is 1.59. The largest absolute Gasteiger partial charge is 0.352 e. The molecule has 0 saturated heterocycles. The molecular formula is C17H23N5O. The molecule has 1 N–H and O–H groups in total. The van der Waals surface area contributed by atoms with Crippen LogP contribution in [0.15, 0.2) is 36.8 Å². The molecule has 0 bridgehead atoms. The molecule has 6 nitrogen and oxygen atoms in total. The molecule has 23 heavy (non-hydrogen) atoms. The Hall–Kier alpha value is -2.21. The lowest BCUT2D eigenvalue weighted by Gasteiger charge is -2.36. The Morgan fingerprint density at radius 3 is 3.00 bits per heavy atom. The predicted molar refractivity (Wildman–Crippen MR) is 88.0 cm³/mol. The lowest BCUT2D eigenvalue weighted by molar-refractivity contribution is 0.0943. The summed E-state index contributed by atoms with van der Waals surface area (Å²) in [7, 11) is 0. The van der Waals surface area contributed by atoms with E-state index >= 15 is 0 Å². The second-order valence-electron chi connectivity index (χ2n) is 6.23. The minimum atomic E-state index is -0.0738. The summed E-state index contributed by atoms with van der Waals surface area (Å²) in [4.78, 5) is 18.5. The fraction of sp³-hybridized carbons (Fsp3) is 0.471. The van der Waals surface area contributed by atoms with Gasteiger partial charge >= 0.3 is 0 Å². The van der Waals surface area contributed by atoms with E-state index in [4.69, 9.17) is 0 Å². The smallest absolute Gasteiger partial charge is 0.252 e. The Morgan fingerprint density at radius 1 is 1.39 bits per heavy atom. The van der Waals surface area contributed by atoms with Crippen molar-refractivity contribution in [3.63, 3.8) is 0 Å². The SMILES string of the molecule is CC(C)N1Cc2ccnn2[C@@H](CCNC(=O)c2cccnc2)C1. The molecule has 0 aliphatic carbocycles. The summed E-state index contributed by atoms with van der Waals surface area (Å²) in [5.74, 6) is -0.0738. The van der Waals surface area contributed by atoms with Gasteiger partial charge < -0.3 is 5.32 Å². The first-order valence-corrected chi connectivity index (χ1v) is 8.10. The molecule has 122 valence electrons. The van der Waals surface area contributed by atoms with Gasteiger partial charge in [-0.3, -0.25) is 19.4 Å². The zero-order valence-electron chi connectivity index (χ0n) is 13.6.